The van der Waals surface area contributed by atoms with Crippen LogP contribution in [-0.4, -0.2) is 28.4 Å². The van der Waals surface area contributed by atoms with Crippen LogP contribution in [0.1, 0.15) is 12.0 Å². The highest BCUT2D eigenvalue weighted by molar-refractivity contribution is 9.10. The summed E-state index contributed by atoms with van der Waals surface area (Å²) in [7, 11) is 0. The molecule has 2 aromatic carbocycles. The number of benzene rings is 2. The molecular weight excluding hydrogens is 416 g/mol. The number of halogens is 1. The Bertz CT molecular complexity index is 871. The molecule has 0 unspecified atom stereocenters. The van der Waals surface area contributed by atoms with E-state index < -0.39 is 5.25 Å². The molecule has 1 fully saturated rings. The lowest BCUT2D eigenvalue weighted by atomic mass is 10.2. The fourth-order valence-electron chi connectivity index (χ4n) is 2.22. The number of rotatable bonds is 5. The van der Waals surface area contributed by atoms with Gasteiger partial charge in [-0.05, 0) is 23.8 Å². The van der Waals surface area contributed by atoms with Gasteiger partial charge in [0.05, 0.1) is 6.21 Å². The molecule has 132 valence electrons. The van der Waals surface area contributed by atoms with Crippen LogP contribution in [0.4, 0.5) is 5.69 Å². The van der Waals surface area contributed by atoms with E-state index in [0.29, 0.717) is 10.9 Å². The van der Waals surface area contributed by atoms with Crippen LogP contribution in [0, 0.1) is 0 Å². The molecule has 26 heavy (non-hydrogen) atoms. The Morgan fingerprint density at radius 1 is 1.23 bits per heavy atom. The van der Waals surface area contributed by atoms with Crippen molar-refractivity contribution >= 4 is 56.6 Å². The van der Waals surface area contributed by atoms with Gasteiger partial charge in [-0.1, -0.05) is 64.1 Å². The zero-order valence-corrected chi connectivity index (χ0v) is 16.0. The van der Waals surface area contributed by atoms with Crippen LogP contribution in [0.25, 0.3) is 0 Å². The second-order valence-corrected chi connectivity index (χ2v) is 7.53. The predicted molar refractivity (Wildman–Crippen MR) is 108 cm³/mol. The highest BCUT2D eigenvalue weighted by atomic mass is 79.9. The third-order valence-corrected chi connectivity index (χ3v) is 4.98. The largest absolute Gasteiger partial charge is 0.326 e. The number of nitrogens with zero attached hydrogens (tertiary/aromatic N) is 2. The van der Waals surface area contributed by atoms with E-state index in [1.807, 2.05) is 42.5 Å². The van der Waals surface area contributed by atoms with Gasteiger partial charge in [0.1, 0.15) is 5.25 Å². The first-order valence-electron chi connectivity index (χ1n) is 7.79. The third-order valence-electron chi connectivity index (χ3n) is 3.41. The lowest BCUT2D eigenvalue weighted by molar-refractivity contribution is -0.122. The van der Waals surface area contributed by atoms with Gasteiger partial charge in [-0.3, -0.25) is 9.59 Å². The van der Waals surface area contributed by atoms with Crippen LogP contribution in [0.5, 0.6) is 0 Å². The normalized spacial score (nSPS) is 18.3. The maximum Gasteiger partial charge on any atom is 0.240 e. The zero-order valence-electron chi connectivity index (χ0n) is 13.6. The number of thioether (sulfide) groups is 1. The molecule has 1 aliphatic heterocycles. The molecule has 0 aromatic heterocycles. The van der Waals surface area contributed by atoms with Gasteiger partial charge in [-0.15, -0.1) is 5.10 Å². The van der Waals surface area contributed by atoms with Gasteiger partial charge in [-0.25, -0.2) is 0 Å². The number of hydrogen-bond acceptors (Lipinski definition) is 5. The topological polar surface area (TPSA) is 82.9 Å². The second-order valence-electron chi connectivity index (χ2n) is 5.42. The van der Waals surface area contributed by atoms with Crippen molar-refractivity contribution in [2.24, 2.45) is 10.2 Å². The molecule has 0 bridgehead atoms. The first kappa shape index (κ1) is 18.3. The Hall–Kier alpha value is -2.45. The van der Waals surface area contributed by atoms with Gasteiger partial charge in [0.2, 0.25) is 11.8 Å². The molecule has 8 heteroatoms. The second kappa shape index (κ2) is 8.77. The summed E-state index contributed by atoms with van der Waals surface area (Å²) in [6.07, 6.45) is 1.66. The molecule has 0 radical (unpaired) electrons. The maximum atomic E-state index is 12.1. The van der Waals surface area contributed by atoms with Gasteiger partial charge in [-0.2, -0.15) is 5.10 Å². The van der Waals surface area contributed by atoms with E-state index in [-0.39, 0.29) is 18.2 Å². The van der Waals surface area contributed by atoms with Crippen molar-refractivity contribution < 1.29 is 9.59 Å². The monoisotopic (exact) mass is 430 g/mol. The van der Waals surface area contributed by atoms with Crippen molar-refractivity contribution in [3.63, 3.8) is 0 Å². The van der Waals surface area contributed by atoms with Crippen molar-refractivity contribution in [1.29, 1.82) is 0 Å². The summed E-state index contributed by atoms with van der Waals surface area (Å²) < 4.78 is 0.869. The maximum absolute atomic E-state index is 12.1. The molecule has 1 heterocycles. The molecule has 2 amide bonds. The summed E-state index contributed by atoms with van der Waals surface area (Å²) in [5, 5.41) is 13.3. The lowest BCUT2D eigenvalue weighted by Crippen LogP contribution is -2.28. The molecule has 1 aliphatic rings. The van der Waals surface area contributed by atoms with Crippen molar-refractivity contribution in [2.75, 3.05) is 5.32 Å². The number of hydrogen-bond donors (Lipinski definition) is 2. The Labute approximate surface area is 163 Å². The van der Waals surface area contributed by atoms with Gasteiger partial charge >= 0.3 is 0 Å². The standard InChI is InChI=1S/C18H15BrN4O2S/c19-13-7-4-8-14(9-13)21-16(24)10-15-17(25)22-18(26-15)23-20-11-12-5-2-1-3-6-12/h1-9,11,15H,10H2,(H,21,24)(H,22,23,25)/b20-11-/t15-/m0/s1. The van der Waals surface area contributed by atoms with Crippen molar-refractivity contribution in [3.8, 4) is 0 Å². The number of carbonyl (C=O) groups excluding carboxylic acids is 2. The number of carbonyl (C=O) groups is 2. The minimum absolute atomic E-state index is 0.0600. The van der Waals surface area contributed by atoms with E-state index in [1.54, 1.807) is 18.3 Å². The Kier molecular flexibility index (Phi) is 6.19. The van der Waals surface area contributed by atoms with Crippen LogP contribution in [0.2, 0.25) is 0 Å². The Balaban J connectivity index is 1.55. The minimum Gasteiger partial charge on any atom is -0.326 e. The molecule has 1 saturated heterocycles. The van der Waals surface area contributed by atoms with Gasteiger partial charge in [0, 0.05) is 16.6 Å². The first-order chi connectivity index (χ1) is 12.6. The van der Waals surface area contributed by atoms with Crippen molar-refractivity contribution in [3.05, 3.63) is 64.6 Å². The average Bonchev–Trinajstić information content (AvgIpc) is 2.95. The molecule has 2 N–H and O–H groups in total. The fourth-order valence-corrected chi connectivity index (χ4v) is 3.54. The van der Waals surface area contributed by atoms with E-state index in [0.717, 1.165) is 10.0 Å². The van der Waals surface area contributed by atoms with Crippen molar-refractivity contribution in [1.82, 2.24) is 5.32 Å². The highest BCUT2D eigenvalue weighted by Gasteiger charge is 2.32. The van der Waals surface area contributed by atoms with Crippen LogP contribution in [-0.2, 0) is 9.59 Å². The van der Waals surface area contributed by atoms with Crippen molar-refractivity contribution in [2.45, 2.75) is 11.7 Å². The number of amides is 2. The number of anilines is 1. The molecule has 0 saturated carbocycles. The summed E-state index contributed by atoms with van der Waals surface area (Å²) in [6, 6.07) is 16.8. The zero-order chi connectivity index (χ0) is 18.4. The molecule has 3 rings (SSSR count). The van der Waals surface area contributed by atoms with Crippen LogP contribution < -0.4 is 10.6 Å². The van der Waals surface area contributed by atoms with E-state index >= 15 is 0 Å². The van der Waals surface area contributed by atoms with E-state index in [2.05, 4.69) is 36.8 Å². The smallest absolute Gasteiger partial charge is 0.240 e. The summed E-state index contributed by atoms with van der Waals surface area (Å²) in [6.45, 7) is 0. The highest BCUT2D eigenvalue weighted by Crippen LogP contribution is 2.23. The Morgan fingerprint density at radius 3 is 2.81 bits per heavy atom. The molecule has 1 atom stereocenters. The molecule has 6 nitrogen and oxygen atoms in total. The third kappa shape index (κ3) is 5.27. The van der Waals surface area contributed by atoms with E-state index in [4.69, 9.17) is 0 Å². The molecule has 0 spiro atoms. The summed E-state index contributed by atoms with van der Waals surface area (Å²) in [5.74, 6) is -0.474. The predicted octanol–water partition coefficient (Wildman–Crippen LogP) is 3.40. The van der Waals surface area contributed by atoms with Crippen LogP contribution in [0.15, 0.2) is 69.3 Å². The summed E-state index contributed by atoms with van der Waals surface area (Å²) in [5.41, 5.74) is 1.59. The lowest BCUT2D eigenvalue weighted by Gasteiger charge is -2.07. The summed E-state index contributed by atoms with van der Waals surface area (Å²) in [4.78, 5) is 24.1. The minimum atomic E-state index is -0.521. The Morgan fingerprint density at radius 2 is 2.04 bits per heavy atom. The number of nitrogens with one attached hydrogen (secondary N) is 2. The average molecular weight is 431 g/mol. The van der Waals surface area contributed by atoms with E-state index in [1.165, 1.54) is 11.8 Å². The number of amidine groups is 1. The molecular formula is C18H15BrN4O2S. The quantitative estimate of drug-likeness (QED) is 0.563. The molecule has 2 aromatic rings. The first-order valence-corrected chi connectivity index (χ1v) is 9.46. The van der Waals surface area contributed by atoms with Crippen LogP contribution >= 0.6 is 27.7 Å². The summed E-state index contributed by atoms with van der Waals surface area (Å²) >= 11 is 4.55. The van der Waals surface area contributed by atoms with Crippen LogP contribution in [0.3, 0.4) is 0 Å². The van der Waals surface area contributed by atoms with Gasteiger partial charge in [0.25, 0.3) is 0 Å². The van der Waals surface area contributed by atoms with Gasteiger partial charge in [0.15, 0.2) is 5.17 Å². The van der Waals surface area contributed by atoms with E-state index in [9.17, 15) is 9.59 Å². The fraction of sp³-hybridized carbons (Fsp3) is 0.111. The van der Waals surface area contributed by atoms with Gasteiger partial charge < -0.3 is 10.6 Å². The SMILES string of the molecule is O=C(C[C@@H]1S/C(=N/N=C\c2ccccc2)NC1=O)Nc1cccc(Br)c1. The molecule has 0 aliphatic carbocycles.